The van der Waals surface area contributed by atoms with Crippen LogP contribution in [0.1, 0.15) is 13.3 Å². The summed E-state index contributed by atoms with van der Waals surface area (Å²) >= 11 is 0. The highest BCUT2D eigenvalue weighted by Gasteiger charge is 2.14. The van der Waals surface area contributed by atoms with Gasteiger partial charge in [-0.1, -0.05) is 0 Å². The molecule has 0 amide bonds. The molecule has 0 aromatic carbocycles. The molecule has 0 radical (unpaired) electrons. The summed E-state index contributed by atoms with van der Waals surface area (Å²) in [6, 6.07) is 2.21. The summed E-state index contributed by atoms with van der Waals surface area (Å²) in [5.74, 6) is 0.896. The molecule has 0 fully saturated rings. The van der Waals surface area contributed by atoms with Gasteiger partial charge in [0.1, 0.15) is 17.8 Å². The van der Waals surface area contributed by atoms with E-state index in [1.165, 1.54) is 0 Å². The Kier molecular flexibility index (Phi) is 3.05. The first-order valence-electron chi connectivity index (χ1n) is 5.36. The number of fused-ring (bicyclic) bond motifs is 1. The van der Waals surface area contributed by atoms with Crippen LogP contribution in [0.25, 0.3) is 11.0 Å². The molecule has 0 aliphatic carbocycles. The van der Waals surface area contributed by atoms with Crippen LogP contribution < -0.4 is 4.90 Å². The number of aromatic amines is 1. The van der Waals surface area contributed by atoms with E-state index in [9.17, 15) is 0 Å². The molecule has 1 atom stereocenters. The first-order valence-corrected chi connectivity index (χ1v) is 5.36. The molecule has 0 saturated heterocycles. The van der Waals surface area contributed by atoms with Crippen molar-refractivity contribution in [1.82, 2.24) is 15.0 Å². The number of H-pyrrole nitrogens is 1. The van der Waals surface area contributed by atoms with Crippen LogP contribution in [-0.2, 0) is 0 Å². The average molecular weight is 220 g/mol. The lowest BCUT2D eigenvalue weighted by Crippen LogP contribution is -2.30. The number of aliphatic hydroxyl groups excluding tert-OH is 1. The maximum Gasteiger partial charge on any atom is 0.142 e. The summed E-state index contributed by atoms with van der Waals surface area (Å²) in [7, 11) is 1.98. The van der Waals surface area contributed by atoms with Gasteiger partial charge in [0.25, 0.3) is 0 Å². The minimum Gasteiger partial charge on any atom is -0.396 e. The molecular weight excluding hydrogens is 204 g/mol. The molecule has 0 aliphatic heterocycles. The number of nitrogens with one attached hydrogen (secondary N) is 1. The van der Waals surface area contributed by atoms with Gasteiger partial charge in [-0.15, -0.1) is 0 Å². The maximum atomic E-state index is 8.94. The Hall–Kier alpha value is -1.62. The van der Waals surface area contributed by atoms with Crippen LogP contribution in [0.2, 0.25) is 0 Å². The van der Waals surface area contributed by atoms with Gasteiger partial charge in [0.2, 0.25) is 0 Å². The molecule has 2 aromatic rings. The number of hydrogen-bond acceptors (Lipinski definition) is 4. The van der Waals surface area contributed by atoms with E-state index in [0.29, 0.717) is 0 Å². The van der Waals surface area contributed by atoms with Gasteiger partial charge in [-0.3, -0.25) is 0 Å². The molecule has 0 spiro atoms. The fraction of sp³-hybridized carbons (Fsp3) is 0.455. The molecule has 2 aromatic heterocycles. The number of hydrogen-bond donors (Lipinski definition) is 2. The van der Waals surface area contributed by atoms with Crippen molar-refractivity contribution in [2.24, 2.45) is 0 Å². The molecule has 5 heteroatoms. The van der Waals surface area contributed by atoms with Crippen LogP contribution >= 0.6 is 0 Å². The summed E-state index contributed by atoms with van der Waals surface area (Å²) < 4.78 is 0. The maximum absolute atomic E-state index is 8.94. The standard InChI is InChI=1S/C11H16N4O/c1-8(4-6-16)15(2)11-9-3-5-12-10(9)13-7-14-11/h3,5,7-8,16H,4,6H2,1-2H3,(H,12,13,14). The first-order chi connectivity index (χ1) is 7.74. The van der Waals surface area contributed by atoms with Gasteiger partial charge in [-0.05, 0) is 19.4 Å². The number of nitrogens with zero attached hydrogens (tertiary/aromatic N) is 3. The van der Waals surface area contributed by atoms with Gasteiger partial charge >= 0.3 is 0 Å². The zero-order valence-corrected chi connectivity index (χ0v) is 9.51. The van der Waals surface area contributed by atoms with Crippen molar-refractivity contribution >= 4 is 16.9 Å². The van der Waals surface area contributed by atoms with Gasteiger partial charge in [-0.2, -0.15) is 0 Å². The molecule has 2 rings (SSSR count). The Morgan fingerprint density at radius 2 is 2.31 bits per heavy atom. The van der Waals surface area contributed by atoms with E-state index in [1.54, 1.807) is 6.33 Å². The van der Waals surface area contributed by atoms with Gasteiger partial charge in [0.15, 0.2) is 0 Å². The number of aliphatic hydroxyl groups is 1. The molecule has 0 bridgehead atoms. The van der Waals surface area contributed by atoms with Crippen LogP contribution in [0.5, 0.6) is 0 Å². The van der Waals surface area contributed by atoms with E-state index < -0.39 is 0 Å². The second-order valence-corrected chi connectivity index (χ2v) is 3.91. The first kappa shape index (κ1) is 10.9. The van der Waals surface area contributed by atoms with Gasteiger partial charge in [0.05, 0.1) is 5.39 Å². The van der Waals surface area contributed by atoms with Crippen molar-refractivity contribution in [2.45, 2.75) is 19.4 Å². The highest BCUT2D eigenvalue weighted by Crippen LogP contribution is 2.22. The Morgan fingerprint density at radius 3 is 3.06 bits per heavy atom. The lowest BCUT2D eigenvalue weighted by molar-refractivity contribution is 0.277. The number of anilines is 1. The van der Waals surface area contributed by atoms with E-state index in [4.69, 9.17) is 5.11 Å². The minimum absolute atomic E-state index is 0.187. The topological polar surface area (TPSA) is 65.0 Å². The molecule has 1 unspecified atom stereocenters. The van der Waals surface area contributed by atoms with Crippen molar-refractivity contribution in [3.05, 3.63) is 18.6 Å². The molecule has 5 nitrogen and oxygen atoms in total. The van der Waals surface area contributed by atoms with Crippen LogP contribution in [0, 0.1) is 0 Å². The molecule has 0 aliphatic rings. The smallest absolute Gasteiger partial charge is 0.142 e. The third kappa shape index (κ3) is 1.86. The van der Waals surface area contributed by atoms with E-state index in [0.717, 1.165) is 23.3 Å². The molecule has 2 heterocycles. The summed E-state index contributed by atoms with van der Waals surface area (Å²) in [5.41, 5.74) is 0.841. The Labute approximate surface area is 94.1 Å². The lowest BCUT2D eigenvalue weighted by Gasteiger charge is -2.25. The van der Waals surface area contributed by atoms with Crippen LogP contribution in [-0.4, -0.2) is 39.8 Å². The molecule has 2 N–H and O–H groups in total. The predicted octanol–water partition coefficient (Wildman–Crippen LogP) is 1.17. The minimum atomic E-state index is 0.187. The van der Waals surface area contributed by atoms with Crippen molar-refractivity contribution in [1.29, 1.82) is 0 Å². The Balaban J connectivity index is 2.35. The Morgan fingerprint density at radius 1 is 1.50 bits per heavy atom. The monoisotopic (exact) mass is 220 g/mol. The van der Waals surface area contributed by atoms with Gasteiger partial charge in [-0.25, -0.2) is 9.97 Å². The van der Waals surface area contributed by atoms with Crippen molar-refractivity contribution in [2.75, 3.05) is 18.6 Å². The summed E-state index contributed by atoms with van der Waals surface area (Å²) in [4.78, 5) is 13.6. The second kappa shape index (κ2) is 4.49. The Bertz CT molecular complexity index is 468. The molecule has 16 heavy (non-hydrogen) atoms. The van der Waals surface area contributed by atoms with Crippen molar-refractivity contribution in [3.8, 4) is 0 Å². The third-order valence-electron chi connectivity index (χ3n) is 2.88. The normalized spacial score (nSPS) is 12.9. The summed E-state index contributed by atoms with van der Waals surface area (Å²) in [5, 5.41) is 9.95. The average Bonchev–Trinajstić information content (AvgIpc) is 2.76. The van der Waals surface area contributed by atoms with Crippen molar-refractivity contribution in [3.63, 3.8) is 0 Å². The second-order valence-electron chi connectivity index (χ2n) is 3.91. The van der Waals surface area contributed by atoms with E-state index in [2.05, 4.69) is 26.8 Å². The lowest BCUT2D eigenvalue weighted by atomic mass is 10.2. The van der Waals surface area contributed by atoms with Crippen LogP contribution in [0.15, 0.2) is 18.6 Å². The highest BCUT2D eigenvalue weighted by atomic mass is 16.3. The molecular formula is C11H16N4O. The van der Waals surface area contributed by atoms with Crippen LogP contribution in [0.3, 0.4) is 0 Å². The fourth-order valence-corrected chi connectivity index (χ4v) is 1.73. The quantitative estimate of drug-likeness (QED) is 0.811. The highest BCUT2D eigenvalue weighted by molar-refractivity contribution is 5.87. The predicted molar refractivity (Wildman–Crippen MR) is 63.5 cm³/mol. The third-order valence-corrected chi connectivity index (χ3v) is 2.88. The van der Waals surface area contributed by atoms with E-state index >= 15 is 0 Å². The van der Waals surface area contributed by atoms with Crippen LogP contribution in [0.4, 0.5) is 5.82 Å². The zero-order chi connectivity index (χ0) is 11.5. The van der Waals surface area contributed by atoms with Gasteiger partial charge < -0.3 is 15.0 Å². The van der Waals surface area contributed by atoms with Gasteiger partial charge in [0, 0.05) is 25.9 Å². The number of rotatable bonds is 4. The zero-order valence-electron chi connectivity index (χ0n) is 9.51. The largest absolute Gasteiger partial charge is 0.396 e. The van der Waals surface area contributed by atoms with E-state index in [-0.39, 0.29) is 12.6 Å². The summed E-state index contributed by atoms with van der Waals surface area (Å²) in [6.45, 7) is 2.25. The number of aromatic nitrogens is 3. The fourth-order valence-electron chi connectivity index (χ4n) is 1.73. The summed E-state index contributed by atoms with van der Waals surface area (Å²) in [6.07, 6.45) is 4.14. The van der Waals surface area contributed by atoms with Crippen molar-refractivity contribution < 1.29 is 5.11 Å². The molecule has 0 saturated carbocycles. The molecule has 86 valence electrons. The van der Waals surface area contributed by atoms with E-state index in [1.807, 2.05) is 19.3 Å². The SMILES string of the molecule is CC(CCO)N(C)c1ncnc2[nH]ccc12.